The van der Waals surface area contributed by atoms with Crippen LogP contribution < -0.4 is 59.6 Å². The predicted molar refractivity (Wildman–Crippen MR) is 327 cm³/mol. The average molecular weight is 1250 g/mol. The lowest BCUT2D eigenvalue weighted by Gasteiger charge is -2.60. The summed E-state index contributed by atoms with van der Waals surface area (Å²) >= 11 is 0. The number of benzene rings is 4. The smallest absolute Gasteiger partial charge is 0.308 e. The van der Waals surface area contributed by atoms with Gasteiger partial charge in [0.15, 0.2) is 46.0 Å². The van der Waals surface area contributed by atoms with E-state index in [-0.39, 0.29) is 74.3 Å². The van der Waals surface area contributed by atoms with Gasteiger partial charge in [0.2, 0.25) is 31.3 Å². The van der Waals surface area contributed by atoms with Gasteiger partial charge in [-0.05, 0) is 117 Å². The normalized spacial score (nSPS) is 25.2. The number of fused-ring (bicyclic) bond motifs is 18. The van der Waals surface area contributed by atoms with Gasteiger partial charge in [0.25, 0.3) is 0 Å². The number of likely N-dealkylation sites (N-methyl/N-ethyl adjacent to an activating group) is 2. The van der Waals surface area contributed by atoms with Gasteiger partial charge in [0.05, 0.1) is 56.6 Å². The van der Waals surface area contributed by atoms with Crippen LogP contribution >= 0.6 is 0 Å². The third-order valence-electron chi connectivity index (χ3n) is 19.4. The lowest BCUT2D eigenvalue weighted by molar-refractivity contribution is -0.133. The Labute approximate surface area is 527 Å². The maximum atomic E-state index is 13.4. The molecule has 8 aliphatic heterocycles. The van der Waals surface area contributed by atoms with Crippen LogP contribution in [0.2, 0.25) is 0 Å². The number of nitrogens with two attached hydrogens (primary N) is 1. The van der Waals surface area contributed by atoms with Crippen LogP contribution in [0.5, 0.6) is 57.5 Å². The van der Waals surface area contributed by atoms with Gasteiger partial charge < -0.3 is 69.8 Å². The first-order chi connectivity index (χ1) is 43.4. The molecule has 25 heteroatoms. The molecule has 2 unspecified atom stereocenters. The molecule has 0 aromatic heterocycles. The highest BCUT2D eigenvalue weighted by Gasteiger charge is 2.59. The van der Waals surface area contributed by atoms with Gasteiger partial charge in [-0.15, -0.1) is 0 Å². The summed E-state index contributed by atoms with van der Waals surface area (Å²) in [4.78, 5) is 71.8. The largest absolute Gasteiger partial charge is 0.504 e. The summed E-state index contributed by atoms with van der Waals surface area (Å²) in [6.45, 7) is 15.1. The van der Waals surface area contributed by atoms with Crippen molar-refractivity contribution in [2.45, 2.75) is 160 Å². The number of aryl methyl sites for hydroxylation is 2. The first kappa shape index (κ1) is 63.7. The van der Waals surface area contributed by atoms with E-state index < -0.39 is 66.0 Å². The Morgan fingerprint density at radius 1 is 0.648 bits per heavy atom. The maximum Gasteiger partial charge on any atom is 0.308 e. The Balaban J connectivity index is 0.000000188. The summed E-state index contributed by atoms with van der Waals surface area (Å²) < 4.78 is 46.8. The molecule has 3 amide bonds. The van der Waals surface area contributed by atoms with E-state index in [4.69, 9.17) is 43.6 Å². The molecule has 91 heavy (non-hydrogen) atoms. The van der Waals surface area contributed by atoms with Crippen LogP contribution in [0.15, 0.2) is 24.3 Å². The summed E-state index contributed by atoms with van der Waals surface area (Å²) in [5, 5.41) is 53.5. The number of hydrogen-bond acceptors (Lipinski definition) is 22. The van der Waals surface area contributed by atoms with Crippen molar-refractivity contribution in [2.24, 2.45) is 5.73 Å². The van der Waals surface area contributed by atoms with E-state index in [1.165, 1.54) is 34.1 Å². The second-order valence-corrected chi connectivity index (χ2v) is 24.7. The first-order valence-electron chi connectivity index (χ1n) is 30.5. The van der Waals surface area contributed by atoms with Gasteiger partial charge in [0, 0.05) is 95.6 Å². The Hall–Kier alpha value is -8.85. The fourth-order valence-corrected chi connectivity index (χ4v) is 15.8. The Morgan fingerprint density at radius 3 is 1.43 bits per heavy atom. The lowest BCUT2D eigenvalue weighted by Crippen LogP contribution is -2.69. The molecule has 4 aromatic carbocycles. The molecule has 0 radical (unpaired) electrons. The number of carbonyl (C=O) groups excluding carboxylic acids is 5. The van der Waals surface area contributed by atoms with Gasteiger partial charge in [-0.2, -0.15) is 10.5 Å². The molecule has 2 saturated heterocycles. The van der Waals surface area contributed by atoms with Crippen molar-refractivity contribution in [3.63, 3.8) is 0 Å². The van der Waals surface area contributed by atoms with Crippen molar-refractivity contribution in [1.82, 2.24) is 35.6 Å². The topological polar surface area (TPSA) is 322 Å². The summed E-state index contributed by atoms with van der Waals surface area (Å²) in [5.41, 5.74) is 15.0. The molecule has 482 valence electrons. The van der Waals surface area contributed by atoms with Crippen LogP contribution in [0, 0.1) is 50.4 Å². The van der Waals surface area contributed by atoms with E-state index in [0.29, 0.717) is 99.5 Å². The van der Waals surface area contributed by atoms with Crippen LogP contribution in [0.3, 0.4) is 0 Å². The molecule has 25 nitrogen and oxygen atoms in total. The average Bonchev–Trinajstić information content (AvgIpc) is 1.48. The van der Waals surface area contributed by atoms with E-state index in [0.717, 1.165) is 38.9 Å². The maximum absolute atomic E-state index is 13.4. The van der Waals surface area contributed by atoms with Gasteiger partial charge in [-0.25, -0.2) is 0 Å². The molecular formula is C66H78N10O15. The highest BCUT2D eigenvalue weighted by atomic mass is 16.7. The van der Waals surface area contributed by atoms with E-state index in [1.807, 2.05) is 47.0 Å². The van der Waals surface area contributed by atoms with Crippen molar-refractivity contribution in [2.75, 3.05) is 55.0 Å². The Bertz CT molecular complexity index is 3820. The Morgan fingerprint density at radius 2 is 1.05 bits per heavy atom. The number of nitrogens with zero attached hydrogens (tertiary/aromatic N) is 6. The molecule has 7 N–H and O–H groups in total. The zero-order valence-corrected chi connectivity index (χ0v) is 53.4. The van der Waals surface area contributed by atoms with E-state index in [1.54, 1.807) is 33.8 Å². The fourth-order valence-electron chi connectivity index (χ4n) is 15.8. The molecule has 8 aliphatic rings. The van der Waals surface area contributed by atoms with Gasteiger partial charge >= 0.3 is 11.9 Å². The highest BCUT2D eigenvalue weighted by Crippen LogP contribution is 2.61. The number of hydrogen-bond donors (Lipinski definition) is 6. The molecule has 8 heterocycles. The first-order valence-corrected chi connectivity index (χ1v) is 30.5. The van der Waals surface area contributed by atoms with Crippen LogP contribution in [-0.2, 0) is 49.7 Å². The van der Waals surface area contributed by atoms with Crippen LogP contribution in [-0.4, -0.2) is 163 Å². The number of nitrogens with one attached hydrogen (secondary N) is 3. The molecule has 0 aliphatic carbocycles. The minimum absolute atomic E-state index is 0.00939. The quantitative estimate of drug-likeness (QED) is 0.0644. The molecule has 2 fully saturated rings. The van der Waals surface area contributed by atoms with Crippen molar-refractivity contribution in [3.8, 4) is 69.6 Å². The number of rotatable bonds is 12. The summed E-state index contributed by atoms with van der Waals surface area (Å²) in [5.74, 6) is 1.46. The van der Waals surface area contributed by atoms with Gasteiger partial charge in [-0.1, -0.05) is 18.2 Å². The van der Waals surface area contributed by atoms with Crippen molar-refractivity contribution < 1.29 is 72.1 Å². The standard InChI is InChI=1S/C35H41N5O8.C31H37N5O7/c1-8-9-26(42)38-18(4)35(44)37-14-25-28-21(32(48-19(5)41)17(3)33-34(28)47-15-46-33)12-23-29-27-20(10-16(2)31(45-7)30(27)43)11-22(39(29)6)24(13-36)40(23)25;1-13-7-17-8-19-21(10-32)36-20(25(35(19)5)23(17)26(38)27(13)40-6)9-18-24(22(36)11-34-31(39)15(3)33)30-29(41-12-42-30)14(2)28(18)43-16(4)37/h8-10,18,22-25,29,43H,11-12,14-15H2,1-7H3,(H,37,44)(H,38,42);7,15,19-22,25,38H,8-9,11-12,33H2,1-6H3,(H,34,39)/b9-8+;/t18-,22-,23?,24-,25-,29-;15-,19-,20?,21-,22-,25-/m00/s1. The van der Waals surface area contributed by atoms with Gasteiger partial charge in [-0.3, -0.25) is 43.6 Å². The molecule has 4 bridgehead atoms. The number of ether oxygens (including phenoxy) is 8. The number of amides is 3. The second kappa shape index (κ2) is 24.7. The molecule has 12 atom stereocenters. The summed E-state index contributed by atoms with van der Waals surface area (Å²) in [7, 11) is 7.00. The minimum Gasteiger partial charge on any atom is -0.504 e. The summed E-state index contributed by atoms with van der Waals surface area (Å²) in [6, 6.07) is 3.26. The fraction of sp³-hybridized carbons (Fsp3) is 0.500. The third kappa shape index (κ3) is 10.5. The molecule has 0 spiro atoms. The highest BCUT2D eigenvalue weighted by molar-refractivity contribution is 5.92. The van der Waals surface area contributed by atoms with Crippen LogP contribution in [0.4, 0.5) is 0 Å². The summed E-state index contributed by atoms with van der Waals surface area (Å²) in [6.07, 6.45) is 4.69. The zero-order valence-electron chi connectivity index (χ0n) is 53.4. The van der Waals surface area contributed by atoms with Crippen LogP contribution in [0.1, 0.15) is 126 Å². The monoisotopic (exact) mass is 1250 g/mol. The zero-order chi connectivity index (χ0) is 65.5. The number of phenolic OH excluding ortho intramolecular Hbond substituents is 2. The Kier molecular flexibility index (Phi) is 17.3. The number of aromatic hydroxyl groups is 2. The number of methoxy groups -OCH3 is 2. The molecule has 0 saturated carbocycles. The molecule has 12 rings (SSSR count). The predicted octanol–water partition coefficient (Wildman–Crippen LogP) is 4.55. The number of esters is 2. The van der Waals surface area contributed by atoms with E-state index in [2.05, 4.69) is 47.7 Å². The lowest BCUT2D eigenvalue weighted by atomic mass is 9.71. The van der Waals surface area contributed by atoms with Gasteiger partial charge in [0.1, 0.15) is 29.6 Å². The van der Waals surface area contributed by atoms with E-state index >= 15 is 0 Å². The molecular weight excluding hydrogens is 1170 g/mol. The van der Waals surface area contributed by atoms with Crippen molar-refractivity contribution in [3.05, 3.63) is 91.0 Å². The van der Waals surface area contributed by atoms with Crippen molar-refractivity contribution in [1.29, 1.82) is 10.5 Å². The number of allylic oxidation sites excluding steroid dienone is 1. The second-order valence-electron chi connectivity index (χ2n) is 24.7. The van der Waals surface area contributed by atoms with Crippen LogP contribution in [0.25, 0.3) is 0 Å². The number of piperazine rings is 2. The molecule has 4 aromatic rings. The SMILES string of the molecule is C/C=C/C(=O)N[C@@H](C)C(=O)NC[C@H]1c2c(c(OC(C)=O)c(C)c3c2OCO3)CC2[C@H]3c4c(cc(C)c(OC)c4O)C[C@@H]([C@H](C#N)N21)N3C.COc1c(C)cc2c(c1O)[C@@H]1C3Cc4c(OC(C)=O)c(C)c5c(c4[C@H](CNC(=O)[C@H](C)N)N3[C@@H](C#N)[C@H](C2)N1C)OCO5. The number of nitriles is 2. The minimum atomic E-state index is -0.842. The van der Waals surface area contributed by atoms with Crippen molar-refractivity contribution >= 4 is 29.7 Å². The number of phenols is 2. The third-order valence-corrected chi connectivity index (χ3v) is 19.4. The number of carbonyl (C=O) groups is 5. The van der Waals surface area contributed by atoms with E-state index in [9.17, 15) is 44.7 Å².